The first kappa shape index (κ1) is 19.6. The lowest BCUT2D eigenvalue weighted by Gasteiger charge is -2.17. The minimum Gasteiger partial charge on any atom is -0.307 e. The maximum atomic E-state index is 13.1. The summed E-state index contributed by atoms with van der Waals surface area (Å²) in [7, 11) is 0. The van der Waals surface area contributed by atoms with Crippen molar-refractivity contribution in [3.63, 3.8) is 0 Å². The average molecular weight is 402 g/mol. The fourth-order valence-corrected chi connectivity index (χ4v) is 3.57. The molecule has 30 heavy (non-hydrogen) atoms. The molecule has 3 aromatic rings. The molecule has 7 heteroatoms. The maximum absolute atomic E-state index is 13.1. The Morgan fingerprint density at radius 2 is 1.70 bits per heavy atom. The van der Waals surface area contributed by atoms with E-state index in [4.69, 9.17) is 0 Å². The number of carbonyl (C=O) groups is 3. The van der Waals surface area contributed by atoms with Gasteiger partial charge in [0.25, 0.3) is 17.7 Å². The SMILES string of the molecule is Cc1ccc(C)c(N2C(=O)c3ccc(C(=O)Nc4ccnn4C(C)C)cc3C2=O)c1. The van der Waals surface area contributed by atoms with Gasteiger partial charge in [-0.3, -0.25) is 14.4 Å². The Morgan fingerprint density at radius 3 is 2.43 bits per heavy atom. The molecule has 0 saturated carbocycles. The quantitative estimate of drug-likeness (QED) is 0.665. The Kier molecular flexibility index (Phi) is 4.73. The van der Waals surface area contributed by atoms with Gasteiger partial charge in [0, 0.05) is 17.7 Å². The molecule has 0 saturated heterocycles. The fraction of sp³-hybridized carbons (Fsp3) is 0.217. The highest BCUT2D eigenvalue weighted by Gasteiger charge is 2.37. The lowest BCUT2D eigenvalue weighted by atomic mass is 10.1. The minimum absolute atomic E-state index is 0.0839. The molecule has 152 valence electrons. The molecule has 0 bridgehead atoms. The standard InChI is InChI=1S/C23H22N4O3/c1-13(2)27-20(9-10-24-27)25-21(28)16-7-8-17-18(12-16)23(30)26(22(17)29)19-11-14(3)5-6-15(19)4/h5-13H,1-4H3,(H,25,28). The first-order valence-electron chi connectivity index (χ1n) is 9.73. The number of hydrogen-bond donors (Lipinski definition) is 1. The number of fused-ring (bicyclic) bond motifs is 1. The summed E-state index contributed by atoms with van der Waals surface area (Å²) in [6.07, 6.45) is 1.61. The summed E-state index contributed by atoms with van der Waals surface area (Å²) in [5, 5.41) is 7.01. The summed E-state index contributed by atoms with van der Waals surface area (Å²) in [4.78, 5) is 39.9. The molecule has 0 unspecified atom stereocenters. The predicted molar refractivity (Wildman–Crippen MR) is 114 cm³/mol. The number of hydrogen-bond acceptors (Lipinski definition) is 4. The fourth-order valence-electron chi connectivity index (χ4n) is 3.57. The van der Waals surface area contributed by atoms with Gasteiger partial charge in [-0.25, -0.2) is 9.58 Å². The van der Waals surface area contributed by atoms with Gasteiger partial charge in [0.1, 0.15) is 5.82 Å². The lowest BCUT2D eigenvalue weighted by molar-refractivity contribution is 0.0925. The second-order valence-corrected chi connectivity index (χ2v) is 7.70. The van der Waals surface area contributed by atoms with Gasteiger partial charge in [-0.15, -0.1) is 0 Å². The first-order chi connectivity index (χ1) is 14.3. The number of nitrogens with one attached hydrogen (secondary N) is 1. The van der Waals surface area contributed by atoms with E-state index in [-0.39, 0.29) is 23.4 Å². The molecular formula is C23H22N4O3. The zero-order valence-electron chi connectivity index (χ0n) is 17.3. The molecule has 1 N–H and O–H groups in total. The van der Waals surface area contributed by atoms with Crippen LogP contribution >= 0.6 is 0 Å². The summed E-state index contributed by atoms with van der Waals surface area (Å²) in [5.74, 6) is -0.611. The van der Waals surface area contributed by atoms with Crippen molar-refractivity contribution >= 4 is 29.2 Å². The van der Waals surface area contributed by atoms with Gasteiger partial charge in [-0.2, -0.15) is 5.10 Å². The van der Waals surface area contributed by atoms with E-state index in [1.165, 1.54) is 17.0 Å². The number of benzene rings is 2. The molecule has 0 spiro atoms. The summed E-state index contributed by atoms with van der Waals surface area (Å²) >= 11 is 0. The van der Waals surface area contributed by atoms with Crippen molar-refractivity contribution in [3.8, 4) is 0 Å². The van der Waals surface area contributed by atoms with E-state index in [2.05, 4.69) is 10.4 Å². The minimum atomic E-state index is -0.425. The van der Waals surface area contributed by atoms with Gasteiger partial charge in [0.2, 0.25) is 0 Å². The van der Waals surface area contributed by atoms with E-state index in [1.54, 1.807) is 23.0 Å². The van der Waals surface area contributed by atoms with Crippen LogP contribution in [0, 0.1) is 13.8 Å². The molecule has 2 aromatic carbocycles. The number of aromatic nitrogens is 2. The Labute approximate surface area is 174 Å². The van der Waals surface area contributed by atoms with E-state index >= 15 is 0 Å². The second-order valence-electron chi connectivity index (χ2n) is 7.70. The van der Waals surface area contributed by atoms with Gasteiger partial charge in [0.05, 0.1) is 23.0 Å². The Bertz CT molecular complexity index is 1190. The third-order valence-corrected chi connectivity index (χ3v) is 5.16. The molecular weight excluding hydrogens is 380 g/mol. The summed E-state index contributed by atoms with van der Waals surface area (Å²) < 4.78 is 1.70. The van der Waals surface area contributed by atoms with Crippen molar-refractivity contribution in [1.29, 1.82) is 0 Å². The summed E-state index contributed by atoms with van der Waals surface area (Å²) in [6, 6.07) is 12.0. The van der Waals surface area contributed by atoms with E-state index in [9.17, 15) is 14.4 Å². The number of anilines is 2. The van der Waals surface area contributed by atoms with Crippen LogP contribution in [0.25, 0.3) is 0 Å². The molecule has 0 atom stereocenters. The molecule has 1 aliphatic rings. The van der Waals surface area contributed by atoms with Crippen LogP contribution in [0.1, 0.15) is 62.1 Å². The average Bonchev–Trinajstić information content (AvgIpc) is 3.27. The smallest absolute Gasteiger partial charge is 0.266 e. The third-order valence-electron chi connectivity index (χ3n) is 5.16. The maximum Gasteiger partial charge on any atom is 0.266 e. The third kappa shape index (κ3) is 3.18. The van der Waals surface area contributed by atoms with Crippen molar-refractivity contribution in [1.82, 2.24) is 9.78 Å². The van der Waals surface area contributed by atoms with E-state index in [0.29, 0.717) is 22.6 Å². The number of amides is 3. The van der Waals surface area contributed by atoms with E-state index in [0.717, 1.165) is 11.1 Å². The Hall–Kier alpha value is -3.74. The molecule has 2 heterocycles. The topological polar surface area (TPSA) is 84.3 Å². The van der Waals surface area contributed by atoms with E-state index < -0.39 is 5.91 Å². The monoisotopic (exact) mass is 402 g/mol. The molecule has 3 amide bonds. The van der Waals surface area contributed by atoms with Crippen LogP contribution in [0.15, 0.2) is 48.7 Å². The van der Waals surface area contributed by atoms with Crippen molar-refractivity contribution in [2.45, 2.75) is 33.7 Å². The van der Waals surface area contributed by atoms with Gasteiger partial charge < -0.3 is 5.32 Å². The van der Waals surface area contributed by atoms with E-state index in [1.807, 2.05) is 45.9 Å². The molecule has 4 rings (SSSR count). The molecule has 7 nitrogen and oxygen atoms in total. The normalized spacial score (nSPS) is 13.2. The van der Waals surface area contributed by atoms with Crippen LogP contribution < -0.4 is 10.2 Å². The summed E-state index contributed by atoms with van der Waals surface area (Å²) in [5.41, 5.74) is 3.17. The van der Waals surface area contributed by atoms with Crippen LogP contribution in [0.3, 0.4) is 0 Å². The van der Waals surface area contributed by atoms with Crippen LogP contribution in [0.4, 0.5) is 11.5 Å². The van der Waals surface area contributed by atoms with Crippen LogP contribution in [-0.4, -0.2) is 27.5 Å². The van der Waals surface area contributed by atoms with Crippen LogP contribution in [0.2, 0.25) is 0 Å². The largest absolute Gasteiger partial charge is 0.307 e. The zero-order chi connectivity index (χ0) is 21.6. The van der Waals surface area contributed by atoms with Gasteiger partial charge in [0.15, 0.2) is 0 Å². The van der Waals surface area contributed by atoms with Gasteiger partial charge in [-0.1, -0.05) is 12.1 Å². The number of carbonyl (C=O) groups excluding carboxylic acids is 3. The molecule has 1 aliphatic heterocycles. The summed E-state index contributed by atoms with van der Waals surface area (Å²) in [6.45, 7) is 7.69. The predicted octanol–water partition coefficient (Wildman–Crippen LogP) is 4.13. The van der Waals surface area contributed by atoms with Crippen molar-refractivity contribution in [2.24, 2.45) is 0 Å². The molecule has 0 radical (unpaired) electrons. The van der Waals surface area contributed by atoms with Gasteiger partial charge in [-0.05, 0) is 63.1 Å². The molecule has 1 aromatic heterocycles. The lowest BCUT2D eigenvalue weighted by Crippen LogP contribution is -2.30. The van der Waals surface area contributed by atoms with Crippen molar-refractivity contribution in [3.05, 3.63) is 76.5 Å². The number of rotatable bonds is 4. The van der Waals surface area contributed by atoms with Crippen LogP contribution in [0.5, 0.6) is 0 Å². The Balaban J connectivity index is 1.66. The van der Waals surface area contributed by atoms with Crippen molar-refractivity contribution < 1.29 is 14.4 Å². The number of aryl methyl sites for hydroxylation is 2. The van der Waals surface area contributed by atoms with Crippen molar-refractivity contribution in [2.75, 3.05) is 10.2 Å². The highest BCUT2D eigenvalue weighted by molar-refractivity contribution is 6.35. The van der Waals surface area contributed by atoms with Gasteiger partial charge >= 0.3 is 0 Å². The highest BCUT2D eigenvalue weighted by Crippen LogP contribution is 2.32. The molecule has 0 fully saturated rings. The van der Waals surface area contributed by atoms with Crippen LogP contribution in [-0.2, 0) is 0 Å². The number of imide groups is 1. The second kappa shape index (κ2) is 7.26. The first-order valence-corrected chi connectivity index (χ1v) is 9.73. The number of nitrogens with zero attached hydrogens (tertiary/aromatic N) is 3. The zero-order valence-corrected chi connectivity index (χ0v) is 17.3. The molecule has 0 aliphatic carbocycles. The highest BCUT2D eigenvalue weighted by atomic mass is 16.2. The Morgan fingerprint density at radius 1 is 0.967 bits per heavy atom.